The number of carboxylic acids is 1. The van der Waals surface area contributed by atoms with E-state index in [1.54, 1.807) is 6.92 Å². The first-order chi connectivity index (χ1) is 9.36. The molecule has 0 aliphatic carbocycles. The second kappa shape index (κ2) is 6.60. The van der Waals surface area contributed by atoms with Crippen LogP contribution in [0.2, 0.25) is 0 Å². The van der Waals surface area contributed by atoms with E-state index >= 15 is 0 Å². The summed E-state index contributed by atoms with van der Waals surface area (Å²) in [4.78, 5) is 50.6. The summed E-state index contributed by atoms with van der Waals surface area (Å²) in [6, 6.07) is 0. The number of hydrogen-bond acceptors (Lipinski definition) is 6. The number of nitrogens with one attached hydrogen (secondary N) is 1. The van der Waals surface area contributed by atoms with Crippen molar-refractivity contribution in [2.24, 2.45) is 5.92 Å². The zero-order valence-electron chi connectivity index (χ0n) is 11.0. The van der Waals surface area contributed by atoms with Crippen LogP contribution in [0.5, 0.6) is 0 Å². The molecule has 1 atom stereocenters. The van der Waals surface area contributed by atoms with E-state index in [1.807, 2.05) is 0 Å². The Balaban J connectivity index is 2.74. The Morgan fingerprint density at radius 2 is 2.10 bits per heavy atom. The molecule has 1 heterocycles. The van der Waals surface area contributed by atoms with Crippen molar-refractivity contribution in [2.45, 2.75) is 19.8 Å². The Morgan fingerprint density at radius 1 is 1.45 bits per heavy atom. The van der Waals surface area contributed by atoms with Crippen molar-refractivity contribution in [1.29, 1.82) is 0 Å². The highest BCUT2D eigenvalue weighted by Crippen LogP contribution is 2.09. The van der Waals surface area contributed by atoms with Gasteiger partial charge < -0.3 is 14.8 Å². The summed E-state index contributed by atoms with van der Waals surface area (Å²) in [6.45, 7) is 1.61. The van der Waals surface area contributed by atoms with Gasteiger partial charge in [-0.25, -0.2) is 9.78 Å². The smallest absolute Gasteiger partial charge is 0.342 e. The lowest BCUT2D eigenvalue weighted by atomic mass is 10.0. The van der Waals surface area contributed by atoms with Gasteiger partial charge in [0.2, 0.25) is 0 Å². The minimum absolute atomic E-state index is 0.00831. The van der Waals surface area contributed by atoms with Gasteiger partial charge in [-0.3, -0.25) is 14.4 Å². The molecule has 1 rings (SSSR count). The zero-order valence-corrected chi connectivity index (χ0v) is 11.0. The molecule has 0 saturated heterocycles. The van der Waals surface area contributed by atoms with E-state index in [1.165, 1.54) is 7.11 Å². The van der Waals surface area contributed by atoms with Crippen LogP contribution in [0.25, 0.3) is 0 Å². The third kappa shape index (κ3) is 3.74. The number of rotatable bonds is 6. The van der Waals surface area contributed by atoms with E-state index < -0.39 is 34.8 Å². The van der Waals surface area contributed by atoms with Crippen molar-refractivity contribution >= 4 is 17.7 Å². The van der Waals surface area contributed by atoms with E-state index in [4.69, 9.17) is 5.11 Å². The number of nitrogens with zero attached hydrogens (tertiary/aromatic N) is 1. The van der Waals surface area contributed by atoms with Gasteiger partial charge in [0.15, 0.2) is 11.6 Å². The number of carbonyl (C=O) groups is 3. The number of ketones is 1. The molecule has 20 heavy (non-hydrogen) atoms. The quantitative estimate of drug-likeness (QED) is 0.565. The Kier molecular flexibility index (Phi) is 5.13. The molecular weight excluding hydrogens is 268 g/mol. The lowest BCUT2D eigenvalue weighted by molar-refractivity contribution is -0.144. The van der Waals surface area contributed by atoms with Gasteiger partial charge in [-0.1, -0.05) is 6.92 Å². The maximum atomic E-state index is 11.8. The summed E-state index contributed by atoms with van der Waals surface area (Å²) in [5.74, 6) is -3.00. The van der Waals surface area contributed by atoms with Gasteiger partial charge in [0.25, 0.3) is 5.56 Å². The Bertz CT molecular complexity index is 592. The maximum absolute atomic E-state index is 11.8. The molecule has 1 unspecified atom stereocenters. The van der Waals surface area contributed by atoms with Crippen LogP contribution in [0.1, 0.15) is 40.7 Å². The van der Waals surface area contributed by atoms with Crippen LogP contribution in [-0.4, -0.2) is 39.9 Å². The molecule has 0 fully saturated rings. The van der Waals surface area contributed by atoms with Crippen LogP contribution in [0.3, 0.4) is 0 Å². The van der Waals surface area contributed by atoms with Gasteiger partial charge in [-0.2, -0.15) is 0 Å². The molecule has 1 aromatic heterocycles. The van der Waals surface area contributed by atoms with Gasteiger partial charge in [0, 0.05) is 12.6 Å². The first-order valence-corrected chi connectivity index (χ1v) is 5.80. The minimum atomic E-state index is -1.42. The first-order valence-electron chi connectivity index (χ1n) is 5.80. The summed E-state index contributed by atoms with van der Waals surface area (Å²) in [5, 5.41) is 8.66. The summed E-state index contributed by atoms with van der Waals surface area (Å²) in [7, 11) is 1.25. The van der Waals surface area contributed by atoms with E-state index in [2.05, 4.69) is 14.7 Å². The SMILES string of the molecule is COC(=O)C(C)CCC(=O)c1ncc(C(=O)O)c(=O)[nH]1. The molecule has 0 bridgehead atoms. The van der Waals surface area contributed by atoms with Gasteiger partial charge in [-0.05, 0) is 6.42 Å². The predicted octanol–water partition coefficient (Wildman–Crippen LogP) is 0.240. The number of ether oxygens (including phenoxy) is 1. The molecule has 108 valence electrons. The molecule has 0 saturated carbocycles. The highest BCUT2D eigenvalue weighted by Gasteiger charge is 2.18. The maximum Gasteiger partial charge on any atom is 0.342 e. The van der Waals surface area contributed by atoms with Crippen LogP contribution in [0.15, 0.2) is 11.0 Å². The first kappa shape index (κ1) is 15.5. The number of Topliss-reactive ketones (excluding diaryl/α,β-unsaturated/α-hetero) is 1. The zero-order chi connectivity index (χ0) is 15.3. The second-order valence-corrected chi connectivity index (χ2v) is 4.17. The molecule has 0 amide bonds. The largest absolute Gasteiger partial charge is 0.477 e. The van der Waals surface area contributed by atoms with Crippen molar-refractivity contribution in [3.8, 4) is 0 Å². The molecule has 0 radical (unpaired) electrons. The van der Waals surface area contributed by atoms with Gasteiger partial charge in [-0.15, -0.1) is 0 Å². The standard InChI is InChI=1S/C12H14N2O6/c1-6(12(19)20-2)3-4-8(15)9-13-5-7(11(17)18)10(16)14-9/h5-6H,3-4H2,1-2H3,(H,17,18)(H,13,14,16). The average molecular weight is 282 g/mol. The molecule has 0 aromatic carbocycles. The molecule has 8 nitrogen and oxygen atoms in total. The number of esters is 1. The topological polar surface area (TPSA) is 126 Å². The Morgan fingerprint density at radius 3 is 2.60 bits per heavy atom. The molecule has 2 N–H and O–H groups in total. The third-order valence-electron chi connectivity index (χ3n) is 2.70. The van der Waals surface area contributed by atoms with Crippen molar-refractivity contribution in [3.63, 3.8) is 0 Å². The third-order valence-corrected chi connectivity index (χ3v) is 2.70. The van der Waals surface area contributed by atoms with Crippen molar-refractivity contribution in [2.75, 3.05) is 7.11 Å². The average Bonchev–Trinajstić information content (AvgIpc) is 2.42. The van der Waals surface area contributed by atoms with E-state index in [-0.39, 0.29) is 18.7 Å². The van der Waals surface area contributed by atoms with Crippen LogP contribution >= 0.6 is 0 Å². The van der Waals surface area contributed by atoms with Crippen molar-refractivity contribution in [1.82, 2.24) is 9.97 Å². The monoisotopic (exact) mass is 282 g/mol. The summed E-state index contributed by atoms with van der Waals surface area (Å²) in [6.07, 6.45) is 1.07. The normalized spacial score (nSPS) is 11.7. The fourth-order valence-corrected chi connectivity index (χ4v) is 1.47. The number of carbonyl (C=O) groups excluding carboxylic acids is 2. The van der Waals surface area contributed by atoms with E-state index in [0.29, 0.717) is 0 Å². The number of carboxylic acid groups (broad SMARTS) is 1. The summed E-state index contributed by atoms with van der Waals surface area (Å²) < 4.78 is 4.52. The molecule has 0 spiro atoms. The van der Waals surface area contributed by atoms with Crippen molar-refractivity contribution < 1.29 is 24.2 Å². The van der Waals surface area contributed by atoms with E-state index in [0.717, 1.165) is 6.20 Å². The van der Waals surface area contributed by atoms with Crippen LogP contribution < -0.4 is 5.56 Å². The minimum Gasteiger partial charge on any atom is -0.477 e. The van der Waals surface area contributed by atoms with Crippen LogP contribution in [-0.2, 0) is 9.53 Å². The predicted molar refractivity (Wildman–Crippen MR) is 66.6 cm³/mol. The number of aromatic nitrogens is 2. The molecule has 1 aromatic rings. The lowest BCUT2D eigenvalue weighted by Crippen LogP contribution is -2.22. The molecule has 0 aliphatic heterocycles. The van der Waals surface area contributed by atoms with E-state index in [9.17, 15) is 19.2 Å². The number of aromatic amines is 1. The number of methoxy groups -OCH3 is 1. The van der Waals surface area contributed by atoms with Crippen LogP contribution in [0.4, 0.5) is 0 Å². The number of aromatic carboxylic acids is 1. The lowest BCUT2D eigenvalue weighted by Gasteiger charge is -2.07. The molecular formula is C12H14N2O6. The fraction of sp³-hybridized carbons (Fsp3) is 0.417. The highest BCUT2D eigenvalue weighted by atomic mass is 16.5. The van der Waals surface area contributed by atoms with Crippen molar-refractivity contribution in [3.05, 3.63) is 27.9 Å². The number of H-pyrrole nitrogens is 1. The van der Waals surface area contributed by atoms with Crippen LogP contribution in [0, 0.1) is 5.92 Å². The second-order valence-electron chi connectivity index (χ2n) is 4.17. The Hall–Kier alpha value is -2.51. The fourth-order valence-electron chi connectivity index (χ4n) is 1.47. The van der Waals surface area contributed by atoms with Gasteiger partial charge >= 0.3 is 11.9 Å². The van der Waals surface area contributed by atoms with Gasteiger partial charge in [0.1, 0.15) is 5.56 Å². The molecule has 0 aliphatic rings. The summed E-state index contributed by atoms with van der Waals surface area (Å²) in [5.41, 5.74) is -1.43. The number of hydrogen-bond donors (Lipinski definition) is 2. The van der Waals surface area contributed by atoms with Gasteiger partial charge in [0.05, 0.1) is 13.0 Å². The molecule has 8 heteroatoms. The highest BCUT2D eigenvalue weighted by molar-refractivity contribution is 5.93. The summed E-state index contributed by atoms with van der Waals surface area (Å²) >= 11 is 0. The Labute approximate surface area is 113 Å².